The van der Waals surface area contributed by atoms with Crippen molar-refractivity contribution in [2.75, 3.05) is 0 Å². The molecular formula is C9H5BrF5NO2. The van der Waals surface area contributed by atoms with E-state index in [1.54, 1.807) is 0 Å². The van der Waals surface area contributed by atoms with Crippen LogP contribution >= 0.6 is 15.9 Å². The largest absolute Gasteiger partial charge is 0.481 e. The van der Waals surface area contributed by atoms with Crippen molar-refractivity contribution < 1.29 is 31.9 Å². The minimum absolute atomic E-state index is 0.461. The zero-order valence-electron chi connectivity index (χ0n) is 8.43. The number of hydrogen-bond acceptors (Lipinski definition) is 2. The Kier molecular flexibility index (Phi) is 4.25. The SMILES string of the molecule is O=C(O)Cc1cc(Br)c(C(F)(F)F)nc1C(F)F. The molecule has 0 unspecified atom stereocenters. The molecule has 0 amide bonds. The molecule has 3 nitrogen and oxygen atoms in total. The van der Waals surface area contributed by atoms with Crippen molar-refractivity contribution in [3.8, 4) is 0 Å². The summed E-state index contributed by atoms with van der Waals surface area (Å²) in [6.07, 6.45) is -9.01. The number of aromatic nitrogens is 1. The van der Waals surface area contributed by atoms with E-state index in [2.05, 4.69) is 20.9 Å². The van der Waals surface area contributed by atoms with Crippen molar-refractivity contribution in [2.45, 2.75) is 19.0 Å². The van der Waals surface area contributed by atoms with Crippen LogP contribution in [0.5, 0.6) is 0 Å². The lowest BCUT2D eigenvalue weighted by molar-refractivity contribution is -0.142. The minimum Gasteiger partial charge on any atom is -0.481 e. The van der Waals surface area contributed by atoms with E-state index >= 15 is 0 Å². The van der Waals surface area contributed by atoms with Crippen LogP contribution in [0.3, 0.4) is 0 Å². The zero-order chi connectivity index (χ0) is 14.1. The van der Waals surface area contributed by atoms with Crippen LogP contribution in [-0.4, -0.2) is 16.1 Å². The third kappa shape index (κ3) is 3.37. The van der Waals surface area contributed by atoms with Crippen LogP contribution in [-0.2, 0) is 17.4 Å². The predicted octanol–water partition coefficient (Wildman–Crippen LogP) is 3.43. The van der Waals surface area contributed by atoms with Gasteiger partial charge in [-0.3, -0.25) is 4.79 Å². The normalized spacial score (nSPS) is 11.9. The zero-order valence-corrected chi connectivity index (χ0v) is 10.0. The summed E-state index contributed by atoms with van der Waals surface area (Å²) >= 11 is 2.54. The fraction of sp³-hybridized carbons (Fsp3) is 0.333. The highest BCUT2D eigenvalue weighted by molar-refractivity contribution is 9.10. The molecule has 0 aromatic carbocycles. The van der Waals surface area contributed by atoms with Crippen LogP contribution in [0.4, 0.5) is 22.0 Å². The molecule has 0 radical (unpaired) electrons. The smallest absolute Gasteiger partial charge is 0.434 e. The van der Waals surface area contributed by atoms with Gasteiger partial charge in [-0.25, -0.2) is 13.8 Å². The number of halogens is 6. The quantitative estimate of drug-likeness (QED) is 0.862. The van der Waals surface area contributed by atoms with Crippen LogP contribution < -0.4 is 0 Å². The second kappa shape index (κ2) is 5.17. The van der Waals surface area contributed by atoms with E-state index in [4.69, 9.17) is 5.11 Å². The van der Waals surface area contributed by atoms with Crippen molar-refractivity contribution >= 4 is 21.9 Å². The molecule has 0 aliphatic carbocycles. The van der Waals surface area contributed by atoms with Gasteiger partial charge in [0, 0.05) is 4.47 Å². The maximum Gasteiger partial charge on any atom is 0.434 e. The average molecular weight is 334 g/mol. The second-order valence-electron chi connectivity index (χ2n) is 3.23. The molecule has 18 heavy (non-hydrogen) atoms. The lowest BCUT2D eigenvalue weighted by Gasteiger charge is -2.13. The molecule has 1 N–H and O–H groups in total. The van der Waals surface area contributed by atoms with E-state index in [1.165, 1.54) is 0 Å². The Hall–Kier alpha value is -1.25. The molecule has 0 saturated heterocycles. The Morgan fingerprint density at radius 2 is 2.00 bits per heavy atom. The number of rotatable bonds is 3. The number of nitrogens with zero attached hydrogens (tertiary/aromatic N) is 1. The highest BCUT2D eigenvalue weighted by Gasteiger charge is 2.37. The average Bonchev–Trinajstić information content (AvgIpc) is 2.13. The van der Waals surface area contributed by atoms with Crippen LogP contribution in [0.2, 0.25) is 0 Å². The molecule has 9 heteroatoms. The van der Waals surface area contributed by atoms with Crippen molar-refractivity contribution in [1.29, 1.82) is 0 Å². The molecule has 1 aromatic heterocycles. The van der Waals surface area contributed by atoms with E-state index in [1.807, 2.05) is 0 Å². The third-order valence-electron chi connectivity index (χ3n) is 1.91. The van der Waals surface area contributed by atoms with E-state index in [0.29, 0.717) is 6.07 Å². The first-order valence-electron chi connectivity index (χ1n) is 4.39. The summed E-state index contributed by atoms with van der Waals surface area (Å²) in [6.45, 7) is 0. The number of carboxylic acids is 1. The summed E-state index contributed by atoms with van der Waals surface area (Å²) in [4.78, 5) is 13.2. The van der Waals surface area contributed by atoms with E-state index in [0.717, 1.165) is 0 Å². The number of alkyl halides is 5. The Labute approximate surface area is 106 Å². The summed E-state index contributed by atoms with van der Waals surface area (Å²) in [5, 5.41) is 8.48. The fourth-order valence-corrected chi connectivity index (χ4v) is 1.82. The number of pyridine rings is 1. The maximum atomic E-state index is 12.5. The molecular weight excluding hydrogens is 329 g/mol. The van der Waals surface area contributed by atoms with Crippen molar-refractivity contribution in [1.82, 2.24) is 4.98 Å². The Bertz CT molecular complexity index is 475. The maximum absolute atomic E-state index is 12.5. The summed E-state index contributed by atoms with van der Waals surface area (Å²) in [7, 11) is 0. The molecule has 0 spiro atoms. The van der Waals surface area contributed by atoms with E-state index < -0.39 is 46.4 Å². The second-order valence-corrected chi connectivity index (χ2v) is 4.09. The van der Waals surface area contributed by atoms with Crippen LogP contribution in [0, 0.1) is 0 Å². The van der Waals surface area contributed by atoms with Crippen LogP contribution in [0.1, 0.15) is 23.4 Å². The predicted molar refractivity (Wildman–Crippen MR) is 53.2 cm³/mol. The van der Waals surface area contributed by atoms with Crippen molar-refractivity contribution in [3.63, 3.8) is 0 Å². The molecule has 0 aliphatic heterocycles. The molecule has 1 aromatic rings. The summed E-state index contributed by atoms with van der Waals surface area (Å²) < 4.78 is 61.8. The fourth-order valence-electron chi connectivity index (χ4n) is 1.23. The summed E-state index contributed by atoms with van der Waals surface area (Å²) in [5.41, 5.74) is -3.14. The number of carboxylic acid groups (broad SMARTS) is 1. The molecule has 0 fully saturated rings. The van der Waals surface area contributed by atoms with Crippen molar-refractivity contribution in [3.05, 3.63) is 27.5 Å². The van der Waals surface area contributed by atoms with Gasteiger partial charge in [-0.05, 0) is 27.6 Å². The molecule has 1 heterocycles. The molecule has 0 atom stereocenters. The van der Waals surface area contributed by atoms with Gasteiger partial charge in [0.2, 0.25) is 0 Å². The number of aliphatic carboxylic acids is 1. The topological polar surface area (TPSA) is 50.2 Å². The lowest BCUT2D eigenvalue weighted by atomic mass is 10.1. The van der Waals surface area contributed by atoms with Gasteiger partial charge in [0.1, 0.15) is 5.69 Å². The van der Waals surface area contributed by atoms with E-state index in [-0.39, 0.29) is 0 Å². The Balaban J connectivity index is 3.39. The number of hydrogen-bond donors (Lipinski definition) is 1. The van der Waals surface area contributed by atoms with E-state index in [9.17, 15) is 26.7 Å². The Morgan fingerprint density at radius 1 is 1.44 bits per heavy atom. The monoisotopic (exact) mass is 333 g/mol. The lowest BCUT2D eigenvalue weighted by Crippen LogP contribution is -2.14. The van der Waals surface area contributed by atoms with Crippen LogP contribution in [0.25, 0.3) is 0 Å². The first-order valence-corrected chi connectivity index (χ1v) is 5.18. The molecule has 0 bridgehead atoms. The molecule has 100 valence electrons. The molecule has 1 rings (SSSR count). The first kappa shape index (κ1) is 14.8. The third-order valence-corrected chi connectivity index (χ3v) is 2.51. The van der Waals surface area contributed by atoms with Gasteiger partial charge in [-0.2, -0.15) is 13.2 Å². The van der Waals surface area contributed by atoms with Crippen molar-refractivity contribution in [2.24, 2.45) is 0 Å². The molecule has 0 aliphatic rings. The summed E-state index contributed by atoms with van der Waals surface area (Å²) in [6, 6.07) is 0.700. The van der Waals surface area contributed by atoms with Gasteiger partial charge >= 0.3 is 12.1 Å². The highest BCUT2D eigenvalue weighted by atomic mass is 79.9. The van der Waals surface area contributed by atoms with Gasteiger partial charge in [0.25, 0.3) is 6.43 Å². The van der Waals surface area contributed by atoms with Gasteiger partial charge in [0.05, 0.1) is 6.42 Å². The molecule has 0 saturated carbocycles. The van der Waals surface area contributed by atoms with Gasteiger partial charge in [-0.1, -0.05) is 0 Å². The summed E-state index contributed by atoms with van der Waals surface area (Å²) in [5.74, 6) is -1.44. The standard InChI is InChI=1S/C9H5BrF5NO2/c10-4-1-3(2-5(17)18)6(8(11)12)16-7(4)9(13,14)15/h1,8H,2H2,(H,17,18). The van der Waals surface area contributed by atoms with Gasteiger partial charge < -0.3 is 5.11 Å². The van der Waals surface area contributed by atoms with Gasteiger partial charge in [-0.15, -0.1) is 0 Å². The highest BCUT2D eigenvalue weighted by Crippen LogP contribution is 2.36. The number of carbonyl (C=O) groups is 1. The first-order chi connectivity index (χ1) is 8.12. The van der Waals surface area contributed by atoms with Gasteiger partial charge in [0.15, 0.2) is 5.69 Å². The van der Waals surface area contributed by atoms with Crippen LogP contribution in [0.15, 0.2) is 10.5 Å². The minimum atomic E-state index is -4.90. The Morgan fingerprint density at radius 3 is 2.39 bits per heavy atom.